The number of nitrogens with zero attached hydrogens (tertiary/aromatic N) is 1. The zero-order valence-corrected chi connectivity index (χ0v) is 12.9. The van der Waals surface area contributed by atoms with E-state index in [1.807, 2.05) is 7.05 Å². The van der Waals surface area contributed by atoms with E-state index >= 15 is 0 Å². The molecule has 1 aromatic carbocycles. The zero-order chi connectivity index (χ0) is 15.8. The van der Waals surface area contributed by atoms with Crippen molar-refractivity contribution < 1.29 is 18.7 Å². The fraction of sp³-hybridized carbons (Fsp3) is 0.562. The van der Waals surface area contributed by atoms with E-state index in [0.717, 1.165) is 13.1 Å². The molecule has 1 saturated heterocycles. The van der Waals surface area contributed by atoms with Crippen LogP contribution >= 0.6 is 0 Å². The van der Waals surface area contributed by atoms with E-state index in [-0.39, 0.29) is 17.8 Å². The lowest BCUT2D eigenvalue weighted by molar-refractivity contribution is -0.122. The fourth-order valence-corrected chi connectivity index (χ4v) is 2.29. The molecule has 1 N–H and O–H groups in total. The van der Waals surface area contributed by atoms with Gasteiger partial charge in [0.05, 0.1) is 19.3 Å². The molecule has 1 atom stereocenters. The standard InChI is InChI=1S/C16H23FN2O3/c1-19-7-9-22-15(12-19)11-18-16(20)6-3-8-21-14-5-2-4-13(17)10-14/h2,4-5,10,15H,3,6-9,11-12H2,1H3,(H,18,20)/t15-/m0/s1. The van der Waals surface area contributed by atoms with Gasteiger partial charge >= 0.3 is 0 Å². The molecule has 1 fully saturated rings. The Balaban J connectivity index is 1.56. The van der Waals surface area contributed by atoms with Crippen LogP contribution in [-0.4, -0.2) is 56.8 Å². The molecule has 22 heavy (non-hydrogen) atoms. The van der Waals surface area contributed by atoms with Crippen molar-refractivity contribution in [2.24, 2.45) is 0 Å². The average Bonchev–Trinajstić information content (AvgIpc) is 2.50. The molecule has 1 amide bonds. The summed E-state index contributed by atoms with van der Waals surface area (Å²) in [5.41, 5.74) is 0. The van der Waals surface area contributed by atoms with Gasteiger partial charge in [0.2, 0.25) is 5.91 Å². The normalized spacial score (nSPS) is 18.9. The molecule has 122 valence electrons. The fourth-order valence-electron chi connectivity index (χ4n) is 2.29. The van der Waals surface area contributed by atoms with E-state index in [9.17, 15) is 9.18 Å². The van der Waals surface area contributed by atoms with E-state index in [1.54, 1.807) is 12.1 Å². The number of carbonyl (C=O) groups excluding carboxylic acids is 1. The molecule has 1 aliphatic rings. The molecule has 0 saturated carbocycles. The van der Waals surface area contributed by atoms with Crippen LogP contribution in [0.15, 0.2) is 24.3 Å². The summed E-state index contributed by atoms with van der Waals surface area (Å²) in [7, 11) is 2.04. The van der Waals surface area contributed by atoms with E-state index < -0.39 is 0 Å². The van der Waals surface area contributed by atoms with Crippen molar-refractivity contribution >= 4 is 5.91 Å². The van der Waals surface area contributed by atoms with Crippen LogP contribution in [0.1, 0.15) is 12.8 Å². The summed E-state index contributed by atoms with van der Waals surface area (Å²) in [5.74, 6) is 0.145. The number of benzene rings is 1. The number of hydrogen-bond donors (Lipinski definition) is 1. The van der Waals surface area contributed by atoms with Gasteiger partial charge in [-0.05, 0) is 25.6 Å². The Kier molecular flexibility index (Phi) is 6.61. The molecular weight excluding hydrogens is 287 g/mol. The Bertz CT molecular complexity index is 484. The minimum atomic E-state index is -0.326. The molecule has 0 unspecified atom stereocenters. The lowest BCUT2D eigenvalue weighted by Crippen LogP contribution is -2.45. The first-order valence-electron chi connectivity index (χ1n) is 7.58. The van der Waals surface area contributed by atoms with Crippen molar-refractivity contribution in [3.8, 4) is 5.75 Å². The van der Waals surface area contributed by atoms with Crippen LogP contribution in [0.3, 0.4) is 0 Å². The van der Waals surface area contributed by atoms with Crippen molar-refractivity contribution in [3.05, 3.63) is 30.1 Å². The summed E-state index contributed by atoms with van der Waals surface area (Å²) < 4.78 is 23.9. The van der Waals surface area contributed by atoms with Crippen molar-refractivity contribution in [2.45, 2.75) is 18.9 Å². The van der Waals surface area contributed by atoms with Crippen LogP contribution in [0.5, 0.6) is 5.75 Å². The predicted octanol–water partition coefficient (Wildman–Crippen LogP) is 1.43. The maximum Gasteiger partial charge on any atom is 0.220 e. The summed E-state index contributed by atoms with van der Waals surface area (Å²) >= 11 is 0. The Hall–Kier alpha value is -1.66. The second kappa shape index (κ2) is 8.70. The van der Waals surface area contributed by atoms with Gasteiger partial charge in [-0.25, -0.2) is 4.39 Å². The number of hydrogen-bond acceptors (Lipinski definition) is 4. The third-order valence-corrected chi connectivity index (χ3v) is 3.48. The molecule has 6 heteroatoms. The highest BCUT2D eigenvalue weighted by atomic mass is 19.1. The lowest BCUT2D eigenvalue weighted by Gasteiger charge is -2.30. The quantitative estimate of drug-likeness (QED) is 0.774. The van der Waals surface area contributed by atoms with Gasteiger partial charge in [-0.1, -0.05) is 6.07 Å². The monoisotopic (exact) mass is 310 g/mol. The highest BCUT2D eigenvalue weighted by molar-refractivity contribution is 5.75. The number of halogens is 1. The summed E-state index contributed by atoms with van der Waals surface area (Å²) in [6, 6.07) is 5.99. The van der Waals surface area contributed by atoms with Crippen LogP contribution < -0.4 is 10.1 Å². The largest absolute Gasteiger partial charge is 0.493 e. The number of morpholine rings is 1. The average molecular weight is 310 g/mol. The van der Waals surface area contributed by atoms with Crippen molar-refractivity contribution in [3.63, 3.8) is 0 Å². The van der Waals surface area contributed by atoms with Gasteiger partial charge in [0, 0.05) is 32.1 Å². The number of nitrogens with one attached hydrogen (secondary N) is 1. The first-order valence-corrected chi connectivity index (χ1v) is 7.58. The molecule has 1 aliphatic heterocycles. The topological polar surface area (TPSA) is 50.8 Å². The molecule has 0 aliphatic carbocycles. The highest BCUT2D eigenvalue weighted by Gasteiger charge is 2.17. The molecule has 1 aromatic rings. The number of amides is 1. The van der Waals surface area contributed by atoms with Gasteiger partial charge in [-0.2, -0.15) is 0 Å². The van der Waals surface area contributed by atoms with E-state index in [0.29, 0.717) is 38.3 Å². The molecule has 0 aromatic heterocycles. The van der Waals surface area contributed by atoms with Crippen molar-refractivity contribution in [1.82, 2.24) is 10.2 Å². The van der Waals surface area contributed by atoms with Crippen molar-refractivity contribution in [1.29, 1.82) is 0 Å². The second-order valence-electron chi connectivity index (χ2n) is 5.47. The number of ether oxygens (including phenoxy) is 2. The van der Waals surface area contributed by atoms with Crippen molar-refractivity contribution in [2.75, 3.05) is 39.9 Å². The summed E-state index contributed by atoms with van der Waals surface area (Å²) in [5, 5.41) is 2.87. The number of rotatable bonds is 7. The first kappa shape index (κ1) is 16.7. The summed E-state index contributed by atoms with van der Waals surface area (Å²) in [6.45, 7) is 3.40. The molecule has 5 nitrogen and oxygen atoms in total. The Morgan fingerprint density at radius 3 is 3.18 bits per heavy atom. The Morgan fingerprint density at radius 1 is 1.55 bits per heavy atom. The van der Waals surface area contributed by atoms with E-state index in [2.05, 4.69) is 10.2 Å². The minimum absolute atomic E-state index is 0.0142. The smallest absolute Gasteiger partial charge is 0.220 e. The van der Waals surface area contributed by atoms with Gasteiger partial charge in [0.15, 0.2) is 0 Å². The summed E-state index contributed by atoms with van der Waals surface area (Å²) in [4.78, 5) is 13.9. The van der Waals surface area contributed by atoms with Crippen LogP contribution in [0, 0.1) is 5.82 Å². The second-order valence-corrected chi connectivity index (χ2v) is 5.47. The van der Waals surface area contributed by atoms with Crippen LogP contribution in [0.25, 0.3) is 0 Å². The Morgan fingerprint density at radius 2 is 2.41 bits per heavy atom. The molecule has 0 bridgehead atoms. The Labute approximate surface area is 130 Å². The van der Waals surface area contributed by atoms with Crippen LogP contribution in [0.2, 0.25) is 0 Å². The SMILES string of the molecule is CN1CCO[C@@H](CNC(=O)CCCOc2cccc(F)c2)C1. The predicted molar refractivity (Wildman–Crippen MR) is 81.4 cm³/mol. The molecule has 0 radical (unpaired) electrons. The maximum absolute atomic E-state index is 12.9. The third-order valence-electron chi connectivity index (χ3n) is 3.48. The molecule has 1 heterocycles. The molecular formula is C16H23FN2O3. The van der Waals surface area contributed by atoms with E-state index in [1.165, 1.54) is 12.1 Å². The maximum atomic E-state index is 12.9. The molecule has 0 spiro atoms. The van der Waals surface area contributed by atoms with Gasteiger partial charge in [-0.15, -0.1) is 0 Å². The van der Waals surface area contributed by atoms with Gasteiger partial charge in [-0.3, -0.25) is 4.79 Å². The zero-order valence-electron chi connectivity index (χ0n) is 12.9. The number of carbonyl (C=O) groups is 1. The van der Waals surface area contributed by atoms with Crippen LogP contribution in [-0.2, 0) is 9.53 Å². The lowest BCUT2D eigenvalue weighted by atomic mass is 10.2. The summed E-state index contributed by atoms with van der Waals surface area (Å²) in [6.07, 6.45) is 1.04. The van der Waals surface area contributed by atoms with Crippen LogP contribution in [0.4, 0.5) is 4.39 Å². The van der Waals surface area contributed by atoms with Gasteiger partial charge in [0.1, 0.15) is 11.6 Å². The van der Waals surface area contributed by atoms with Gasteiger partial charge < -0.3 is 19.7 Å². The highest BCUT2D eigenvalue weighted by Crippen LogP contribution is 2.12. The minimum Gasteiger partial charge on any atom is -0.493 e. The van der Waals surface area contributed by atoms with Gasteiger partial charge in [0.25, 0.3) is 0 Å². The number of likely N-dealkylation sites (N-methyl/N-ethyl adjacent to an activating group) is 1. The van der Waals surface area contributed by atoms with E-state index in [4.69, 9.17) is 9.47 Å². The first-order chi connectivity index (χ1) is 10.6. The molecule has 2 rings (SSSR count). The third kappa shape index (κ3) is 5.99.